The Morgan fingerprint density at radius 2 is 2.27 bits per heavy atom. The standard InChI is InChI=1S/C9H9NO4S/c11-9(10-12)5-4-7-2-1-3-8(6-7)15(13)14/h1-6,12H,(H,10,11)(H,13,14)/p-1/b5-4+. The zero-order chi connectivity index (χ0) is 11.3. The van der Waals surface area contributed by atoms with Gasteiger partial charge >= 0.3 is 0 Å². The smallest absolute Gasteiger partial charge is 0.267 e. The molecule has 1 amide bonds. The Kier molecular flexibility index (Phi) is 4.17. The van der Waals surface area contributed by atoms with E-state index in [0.717, 1.165) is 6.08 Å². The van der Waals surface area contributed by atoms with Crippen molar-refractivity contribution in [2.75, 3.05) is 0 Å². The van der Waals surface area contributed by atoms with Gasteiger partial charge in [0.2, 0.25) is 0 Å². The number of hydrogen-bond donors (Lipinski definition) is 2. The number of amides is 1. The van der Waals surface area contributed by atoms with Gasteiger partial charge in [0.15, 0.2) is 0 Å². The molecule has 0 heterocycles. The molecule has 0 aromatic heterocycles. The summed E-state index contributed by atoms with van der Waals surface area (Å²) in [7, 11) is 0. The molecule has 0 radical (unpaired) electrons. The maximum absolute atomic E-state index is 10.6. The molecule has 0 fully saturated rings. The molecule has 5 nitrogen and oxygen atoms in total. The molecule has 1 unspecified atom stereocenters. The summed E-state index contributed by atoms with van der Waals surface area (Å²) in [6, 6.07) is 6.04. The average Bonchev–Trinajstić information content (AvgIpc) is 2.26. The molecule has 0 saturated heterocycles. The van der Waals surface area contributed by atoms with Crippen molar-refractivity contribution in [3.8, 4) is 0 Å². The highest BCUT2D eigenvalue weighted by Gasteiger charge is 1.94. The lowest BCUT2D eigenvalue weighted by Crippen LogP contribution is -2.14. The molecule has 80 valence electrons. The van der Waals surface area contributed by atoms with Gasteiger partial charge in [-0.2, -0.15) is 0 Å². The van der Waals surface area contributed by atoms with Crippen molar-refractivity contribution in [2.24, 2.45) is 0 Å². The summed E-state index contributed by atoms with van der Waals surface area (Å²) in [6.45, 7) is 0. The van der Waals surface area contributed by atoms with Crippen LogP contribution in [0.4, 0.5) is 0 Å². The van der Waals surface area contributed by atoms with Gasteiger partial charge in [0.1, 0.15) is 0 Å². The second-order valence-corrected chi connectivity index (χ2v) is 3.56. The highest BCUT2D eigenvalue weighted by atomic mass is 32.2. The van der Waals surface area contributed by atoms with E-state index in [-0.39, 0.29) is 4.90 Å². The van der Waals surface area contributed by atoms with Gasteiger partial charge in [-0.25, -0.2) is 5.48 Å². The number of hydrogen-bond acceptors (Lipinski definition) is 4. The zero-order valence-corrected chi connectivity index (χ0v) is 8.36. The van der Waals surface area contributed by atoms with Crippen LogP contribution in [0.15, 0.2) is 35.2 Å². The molecular weight excluding hydrogens is 218 g/mol. The highest BCUT2D eigenvalue weighted by molar-refractivity contribution is 7.79. The lowest BCUT2D eigenvalue weighted by molar-refractivity contribution is -0.124. The molecule has 0 saturated carbocycles. The molecule has 0 bridgehead atoms. The molecule has 1 aromatic rings. The summed E-state index contributed by atoms with van der Waals surface area (Å²) < 4.78 is 21.2. The van der Waals surface area contributed by atoms with Crippen molar-refractivity contribution >= 4 is 23.1 Å². The summed E-state index contributed by atoms with van der Waals surface area (Å²) in [5.74, 6) is -0.677. The van der Waals surface area contributed by atoms with Gasteiger partial charge in [0.25, 0.3) is 5.91 Å². The zero-order valence-electron chi connectivity index (χ0n) is 7.54. The second kappa shape index (κ2) is 5.40. The summed E-state index contributed by atoms with van der Waals surface area (Å²) in [5.41, 5.74) is 1.98. The maximum Gasteiger partial charge on any atom is 0.267 e. The van der Waals surface area contributed by atoms with Gasteiger partial charge in [-0.1, -0.05) is 12.1 Å². The molecule has 1 rings (SSSR count). The third-order valence-electron chi connectivity index (χ3n) is 1.59. The van der Waals surface area contributed by atoms with Crippen LogP contribution in [0.3, 0.4) is 0 Å². The first-order valence-corrected chi connectivity index (χ1v) is 5.02. The van der Waals surface area contributed by atoms with Crippen molar-refractivity contribution < 1.29 is 18.8 Å². The van der Waals surface area contributed by atoms with E-state index in [1.54, 1.807) is 12.1 Å². The fourth-order valence-corrected chi connectivity index (χ4v) is 1.35. The fourth-order valence-electron chi connectivity index (χ4n) is 0.931. The summed E-state index contributed by atoms with van der Waals surface area (Å²) in [6.07, 6.45) is 2.48. The minimum atomic E-state index is -2.29. The minimum Gasteiger partial charge on any atom is -0.768 e. The summed E-state index contributed by atoms with van der Waals surface area (Å²) in [4.78, 5) is 10.8. The third-order valence-corrected chi connectivity index (χ3v) is 2.23. The van der Waals surface area contributed by atoms with E-state index in [2.05, 4.69) is 0 Å². The monoisotopic (exact) mass is 226 g/mol. The molecule has 0 spiro atoms. The second-order valence-electron chi connectivity index (χ2n) is 2.62. The maximum atomic E-state index is 10.6. The quantitative estimate of drug-likeness (QED) is 0.339. The largest absolute Gasteiger partial charge is 0.768 e. The van der Waals surface area contributed by atoms with Crippen LogP contribution in [-0.2, 0) is 15.9 Å². The van der Waals surface area contributed by atoms with Crippen molar-refractivity contribution in [3.63, 3.8) is 0 Å². The van der Waals surface area contributed by atoms with Crippen LogP contribution in [0.1, 0.15) is 5.56 Å². The Bertz CT molecular complexity index is 416. The summed E-state index contributed by atoms with van der Waals surface area (Å²) >= 11 is -2.29. The van der Waals surface area contributed by atoms with E-state index < -0.39 is 17.0 Å². The molecule has 1 atom stereocenters. The van der Waals surface area contributed by atoms with Gasteiger partial charge in [0.05, 0.1) is 0 Å². The predicted molar refractivity (Wildman–Crippen MR) is 52.6 cm³/mol. The van der Waals surface area contributed by atoms with E-state index in [0.29, 0.717) is 5.56 Å². The van der Waals surface area contributed by atoms with E-state index in [4.69, 9.17) is 5.21 Å². The van der Waals surface area contributed by atoms with Crippen LogP contribution < -0.4 is 5.48 Å². The number of rotatable bonds is 3. The fraction of sp³-hybridized carbons (Fsp3) is 0. The van der Waals surface area contributed by atoms with Gasteiger partial charge in [-0.05, 0) is 34.9 Å². The predicted octanol–water partition coefficient (Wildman–Crippen LogP) is 0.443. The molecule has 0 aliphatic carbocycles. The van der Waals surface area contributed by atoms with Gasteiger partial charge < -0.3 is 4.55 Å². The van der Waals surface area contributed by atoms with Crippen LogP contribution in [0.25, 0.3) is 6.08 Å². The molecule has 1 aromatic carbocycles. The van der Waals surface area contributed by atoms with Crippen molar-refractivity contribution in [2.45, 2.75) is 4.90 Å². The van der Waals surface area contributed by atoms with Crippen LogP contribution in [-0.4, -0.2) is 19.9 Å². The van der Waals surface area contributed by atoms with E-state index in [1.165, 1.54) is 23.7 Å². The Balaban J connectivity index is 2.87. The Morgan fingerprint density at radius 3 is 2.87 bits per heavy atom. The molecule has 6 heteroatoms. The first-order valence-electron chi connectivity index (χ1n) is 3.95. The van der Waals surface area contributed by atoms with Crippen LogP contribution in [0.2, 0.25) is 0 Å². The molecular formula is C9H8NO4S-. The lowest BCUT2D eigenvalue weighted by Gasteiger charge is -2.04. The number of hydroxylamine groups is 1. The summed E-state index contributed by atoms with van der Waals surface area (Å²) in [5, 5.41) is 8.21. The number of carbonyl (C=O) groups is 1. The number of nitrogens with one attached hydrogen (secondary N) is 1. The number of carbonyl (C=O) groups excluding carboxylic acids is 1. The van der Waals surface area contributed by atoms with Crippen molar-refractivity contribution in [3.05, 3.63) is 35.9 Å². The van der Waals surface area contributed by atoms with Gasteiger partial charge in [-0.15, -0.1) is 0 Å². The molecule has 15 heavy (non-hydrogen) atoms. The van der Waals surface area contributed by atoms with E-state index in [1.807, 2.05) is 0 Å². The normalized spacial score (nSPS) is 12.7. The van der Waals surface area contributed by atoms with Crippen LogP contribution in [0, 0.1) is 0 Å². The van der Waals surface area contributed by atoms with E-state index in [9.17, 15) is 13.6 Å². The molecule has 2 N–H and O–H groups in total. The van der Waals surface area contributed by atoms with Crippen LogP contribution >= 0.6 is 0 Å². The SMILES string of the molecule is O=C(/C=C/c1cccc(S(=O)[O-])c1)NO. The highest BCUT2D eigenvalue weighted by Crippen LogP contribution is 2.09. The van der Waals surface area contributed by atoms with Crippen molar-refractivity contribution in [1.82, 2.24) is 5.48 Å². The Hall–Kier alpha value is -1.50. The lowest BCUT2D eigenvalue weighted by atomic mass is 10.2. The van der Waals surface area contributed by atoms with Crippen LogP contribution in [0.5, 0.6) is 0 Å². The third kappa shape index (κ3) is 3.62. The first-order chi connectivity index (χ1) is 7.13. The van der Waals surface area contributed by atoms with Gasteiger partial charge in [0, 0.05) is 11.0 Å². The Morgan fingerprint density at radius 1 is 1.53 bits per heavy atom. The van der Waals surface area contributed by atoms with Crippen molar-refractivity contribution in [1.29, 1.82) is 0 Å². The Labute approximate surface area is 88.7 Å². The molecule has 0 aliphatic rings. The first kappa shape index (κ1) is 11.6. The minimum absolute atomic E-state index is 0.140. The average molecular weight is 226 g/mol. The number of benzene rings is 1. The van der Waals surface area contributed by atoms with E-state index >= 15 is 0 Å². The topological polar surface area (TPSA) is 89.5 Å². The molecule has 0 aliphatic heterocycles. The van der Waals surface area contributed by atoms with Gasteiger partial charge in [-0.3, -0.25) is 14.2 Å².